The van der Waals surface area contributed by atoms with E-state index in [1.807, 2.05) is 0 Å². The van der Waals surface area contributed by atoms with Gasteiger partial charge in [-0.05, 0) is 23.1 Å². The van der Waals surface area contributed by atoms with Crippen LogP contribution in [0.2, 0.25) is 0 Å². The van der Waals surface area contributed by atoms with Gasteiger partial charge in [0.05, 0.1) is 21.6 Å². The zero-order chi connectivity index (χ0) is 18.9. The van der Waals surface area contributed by atoms with E-state index in [0.29, 0.717) is 0 Å². The molecule has 2 rings (SSSR count). The van der Waals surface area contributed by atoms with Gasteiger partial charge in [-0.15, -0.1) is 0 Å². The van der Waals surface area contributed by atoms with E-state index in [2.05, 4.69) is 5.32 Å². The molecular formula is C16H15F2N3O4. The molecule has 0 saturated heterocycles. The molecule has 132 valence electrons. The van der Waals surface area contributed by atoms with Gasteiger partial charge in [0.2, 0.25) is 0 Å². The normalized spacial score (nSPS) is 11.2. The maximum absolute atomic E-state index is 13.9. The topological polar surface area (TPSA) is 98.3 Å². The lowest BCUT2D eigenvalue weighted by atomic mass is 9.84. The summed E-state index contributed by atoms with van der Waals surface area (Å²) in [7, 11) is 0. The van der Waals surface area contributed by atoms with Gasteiger partial charge in [-0.2, -0.15) is 0 Å². The number of non-ortho nitro benzene ring substituents is 1. The van der Waals surface area contributed by atoms with Gasteiger partial charge in [-0.25, -0.2) is 8.78 Å². The Hall–Kier alpha value is -3.10. The molecule has 0 radical (unpaired) electrons. The monoisotopic (exact) mass is 351 g/mol. The molecule has 0 amide bonds. The van der Waals surface area contributed by atoms with Crippen LogP contribution in [0.5, 0.6) is 0 Å². The van der Waals surface area contributed by atoms with Crippen molar-refractivity contribution in [3.8, 4) is 0 Å². The summed E-state index contributed by atoms with van der Waals surface area (Å²) in [5.74, 6) is -1.54. The van der Waals surface area contributed by atoms with E-state index in [1.54, 1.807) is 20.8 Å². The van der Waals surface area contributed by atoms with Gasteiger partial charge in [0.1, 0.15) is 17.3 Å². The molecule has 0 spiro atoms. The summed E-state index contributed by atoms with van der Waals surface area (Å²) < 4.78 is 27.3. The predicted octanol–water partition coefficient (Wildman–Crippen LogP) is 4.82. The summed E-state index contributed by atoms with van der Waals surface area (Å²) in [6.45, 7) is 5.09. The second-order valence-corrected chi connectivity index (χ2v) is 6.40. The average molecular weight is 351 g/mol. The van der Waals surface area contributed by atoms with E-state index in [1.165, 1.54) is 6.07 Å². The first-order valence-corrected chi connectivity index (χ1v) is 7.20. The Labute approximate surface area is 141 Å². The highest BCUT2D eigenvalue weighted by atomic mass is 19.1. The maximum atomic E-state index is 13.9. The molecule has 25 heavy (non-hydrogen) atoms. The fourth-order valence-corrected chi connectivity index (χ4v) is 2.31. The van der Waals surface area contributed by atoms with Crippen molar-refractivity contribution in [3.63, 3.8) is 0 Å². The van der Waals surface area contributed by atoms with Crippen LogP contribution in [0, 0.1) is 31.9 Å². The van der Waals surface area contributed by atoms with E-state index in [0.717, 1.165) is 24.3 Å². The Bertz CT molecular complexity index is 863. The Balaban J connectivity index is 2.75. The van der Waals surface area contributed by atoms with Crippen LogP contribution in [0.4, 0.5) is 31.5 Å². The molecule has 0 heterocycles. The number of nitrogens with one attached hydrogen (secondary N) is 1. The lowest BCUT2D eigenvalue weighted by Gasteiger charge is -2.23. The lowest BCUT2D eigenvalue weighted by Crippen LogP contribution is -2.16. The molecule has 2 aromatic rings. The van der Waals surface area contributed by atoms with Crippen molar-refractivity contribution in [2.24, 2.45) is 0 Å². The fraction of sp³-hybridized carbons (Fsp3) is 0.250. The number of hydrogen-bond donors (Lipinski definition) is 1. The lowest BCUT2D eigenvalue weighted by molar-refractivity contribution is -0.393. The van der Waals surface area contributed by atoms with Gasteiger partial charge >= 0.3 is 0 Å². The first-order valence-electron chi connectivity index (χ1n) is 7.20. The molecule has 0 aromatic heterocycles. The van der Waals surface area contributed by atoms with Crippen molar-refractivity contribution in [2.45, 2.75) is 26.2 Å². The molecule has 0 aliphatic carbocycles. The summed E-state index contributed by atoms with van der Waals surface area (Å²) in [6.07, 6.45) is 0. The Morgan fingerprint density at radius 2 is 1.64 bits per heavy atom. The van der Waals surface area contributed by atoms with E-state index >= 15 is 0 Å². The number of benzene rings is 2. The third-order valence-corrected chi connectivity index (χ3v) is 3.51. The number of anilines is 2. The molecule has 0 atom stereocenters. The third kappa shape index (κ3) is 3.87. The van der Waals surface area contributed by atoms with Crippen LogP contribution >= 0.6 is 0 Å². The van der Waals surface area contributed by atoms with Crippen LogP contribution in [0.25, 0.3) is 0 Å². The van der Waals surface area contributed by atoms with Crippen LogP contribution in [0.15, 0.2) is 30.3 Å². The summed E-state index contributed by atoms with van der Waals surface area (Å²) >= 11 is 0. The molecule has 0 aliphatic rings. The molecule has 1 N–H and O–H groups in total. The van der Waals surface area contributed by atoms with Gasteiger partial charge in [0, 0.05) is 12.1 Å². The smallest absolute Gasteiger partial charge is 0.299 e. The van der Waals surface area contributed by atoms with Crippen LogP contribution in [-0.4, -0.2) is 9.85 Å². The number of hydrogen-bond acceptors (Lipinski definition) is 5. The molecule has 9 heteroatoms. The predicted molar refractivity (Wildman–Crippen MR) is 88.1 cm³/mol. The van der Waals surface area contributed by atoms with Gasteiger partial charge in [-0.1, -0.05) is 20.8 Å². The molecule has 7 nitrogen and oxygen atoms in total. The minimum atomic E-state index is -0.811. The quantitative estimate of drug-likeness (QED) is 0.629. The van der Waals surface area contributed by atoms with Crippen LogP contribution < -0.4 is 5.32 Å². The van der Waals surface area contributed by atoms with Crippen LogP contribution in [0.1, 0.15) is 26.3 Å². The standard InChI is InChI=1S/C16H15F2N3O4/c1-16(2,3)11-7-10(20(22)23)8-14(21(24)25)15(11)19-13-6-9(17)4-5-12(13)18/h4-8,19H,1-3H3. The van der Waals surface area contributed by atoms with Crippen molar-refractivity contribution >= 4 is 22.7 Å². The molecular weight excluding hydrogens is 336 g/mol. The molecule has 0 fully saturated rings. The highest BCUT2D eigenvalue weighted by Crippen LogP contribution is 2.41. The summed E-state index contributed by atoms with van der Waals surface area (Å²) in [6, 6.07) is 4.62. The summed E-state index contributed by atoms with van der Waals surface area (Å²) in [5.41, 5.74) is -1.97. The number of nitro benzene ring substituents is 2. The Kier molecular flexibility index (Phi) is 4.69. The number of nitro groups is 2. The minimum absolute atomic E-state index is 0.118. The molecule has 0 bridgehead atoms. The molecule has 0 aliphatic heterocycles. The second-order valence-electron chi connectivity index (χ2n) is 6.40. The first kappa shape index (κ1) is 18.2. The molecule has 0 saturated carbocycles. The highest BCUT2D eigenvalue weighted by molar-refractivity contribution is 5.77. The molecule has 0 unspecified atom stereocenters. The Morgan fingerprint density at radius 3 is 2.16 bits per heavy atom. The fourth-order valence-electron chi connectivity index (χ4n) is 2.31. The Morgan fingerprint density at radius 1 is 1.00 bits per heavy atom. The average Bonchev–Trinajstić information content (AvgIpc) is 2.49. The van der Waals surface area contributed by atoms with E-state index in [-0.39, 0.29) is 16.9 Å². The summed E-state index contributed by atoms with van der Waals surface area (Å²) in [4.78, 5) is 20.9. The highest BCUT2D eigenvalue weighted by Gasteiger charge is 2.30. The zero-order valence-electron chi connectivity index (χ0n) is 13.7. The number of nitrogens with zero attached hydrogens (tertiary/aromatic N) is 2. The van der Waals surface area contributed by atoms with E-state index in [9.17, 15) is 29.0 Å². The van der Waals surface area contributed by atoms with Crippen LogP contribution in [-0.2, 0) is 5.41 Å². The van der Waals surface area contributed by atoms with Crippen molar-refractivity contribution in [1.29, 1.82) is 0 Å². The second kappa shape index (κ2) is 6.42. The van der Waals surface area contributed by atoms with Gasteiger partial charge in [-0.3, -0.25) is 20.2 Å². The van der Waals surface area contributed by atoms with Crippen molar-refractivity contribution in [3.05, 3.63) is 67.8 Å². The number of halogens is 2. The van der Waals surface area contributed by atoms with E-state index < -0.39 is 38.3 Å². The largest absolute Gasteiger partial charge is 0.347 e. The van der Waals surface area contributed by atoms with Crippen molar-refractivity contribution in [1.82, 2.24) is 0 Å². The number of rotatable bonds is 4. The minimum Gasteiger partial charge on any atom is -0.347 e. The van der Waals surface area contributed by atoms with E-state index in [4.69, 9.17) is 0 Å². The molecule has 2 aromatic carbocycles. The van der Waals surface area contributed by atoms with Gasteiger partial charge in [0.15, 0.2) is 0 Å². The van der Waals surface area contributed by atoms with Gasteiger partial charge in [0.25, 0.3) is 11.4 Å². The summed E-state index contributed by atoms with van der Waals surface area (Å²) in [5, 5.41) is 25.0. The zero-order valence-corrected chi connectivity index (χ0v) is 13.7. The maximum Gasteiger partial charge on any atom is 0.299 e. The SMILES string of the molecule is CC(C)(C)c1cc([N+](=O)[O-])cc([N+](=O)[O-])c1Nc1cc(F)ccc1F. The van der Waals surface area contributed by atoms with Gasteiger partial charge < -0.3 is 5.32 Å². The third-order valence-electron chi connectivity index (χ3n) is 3.51. The van der Waals surface area contributed by atoms with Crippen molar-refractivity contribution < 1.29 is 18.6 Å². The van der Waals surface area contributed by atoms with Crippen LogP contribution in [0.3, 0.4) is 0 Å². The van der Waals surface area contributed by atoms with Crippen molar-refractivity contribution in [2.75, 3.05) is 5.32 Å². The first-order chi connectivity index (χ1) is 11.5.